The Morgan fingerprint density at radius 2 is 2.00 bits per heavy atom. The fourth-order valence-corrected chi connectivity index (χ4v) is 1.56. The van der Waals surface area contributed by atoms with Crippen molar-refractivity contribution in [1.29, 1.82) is 5.26 Å². The molecule has 0 aliphatic rings. The molecule has 0 heterocycles. The van der Waals surface area contributed by atoms with Gasteiger partial charge in [-0.2, -0.15) is 5.26 Å². The standard InChI is InChI=1S/C14H18N2O2/c1-10(2)13(9-17)16-14(18)7-11-3-5-12(8-15)6-4-11/h3-6,10,13,17H,7,9H2,1-2H3,(H,16,18). The highest BCUT2D eigenvalue weighted by Gasteiger charge is 2.14. The fraction of sp³-hybridized carbons (Fsp3) is 0.429. The Morgan fingerprint density at radius 3 is 2.44 bits per heavy atom. The largest absolute Gasteiger partial charge is 0.394 e. The molecule has 0 aromatic heterocycles. The van der Waals surface area contributed by atoms with Gasteiger partial charge in [-0.25, -0.2) is 0 Å². The second kappa shape index (κ2) is 6.77. The van der Waals surface area contributed by atoms with Crippen molar-refractivity contribution in [2.24, 2.45) is 5.92 Å². The van der Waals surface area contributed by atoms with Gasteiger partial charge in [0.05, 0.1) is 30.7 Å². The van der Waals surface area contributed by atoms with E-state index >= 15 is 0 Å². The Bertz CT molecular complexity index is 432. The van der Waals surface area contributed by atoms with Gasteiger partial charge in [-0.3, -0.25) is 4.79 Å². The average molecular weight is 246 g/mol. The Labute approximate surface area is 107 Å². The van der Waals surface area contributed by atoms with E-state index in [1.165, 1.54) is 0 Å². The third-order valence-electron chi connectivity index (χ3n) is 2.80. The summed E-state index contributed by atoms with van der Waals surface area (Å²) < 4.78 is 0. The lowest BCUT2D eigenvalue weighted by molar-refractivity contribution is -0.121. The van der Waals surface area contributed by atoms with Crippen LogP contribution in [0.4, 0.5) is 0 Å². The monoisotopic (exact) mass is 246 g/mol. The summed E-state index contributed by atoms with van der Waals surface area (Å²) in [6, 6.07) is 8.73. The summed E-state index contributed by atoms with van der Waals surface area (Å²) >= 11 is 0. The molecule has 1 aromatic carbocycles. The molecule has 0 bridgehead atoms. The molecule has 0 aliphatic heterocycles. The first-order valence-electron chi connectivity index (χ1n) is 5.96. The zero-order valence-corrected chi connectivity index (χ0v) is 10.7. The number of nitrogens with zero attached hydrogens (tertiary/aromatic N) is 1. The molecule has 1 unspecified atom stereocenters. The maximum Gasteiger partial charge on any atom is 0.224 e. The number of nitriles is 1. The van der Waals surface area contributed by atoms with E-state index < -0.39 is 0 Å². The van der Waals surface area contributed by atoms with E-state index in [0.29, 0.717) is 5.56 Å². The van der Waals surface area contributed by atoms with Crippen LogP contribution in [0.2, 0.25) is 0 Å². The molecule has 1 amide bonds. The van der Waals surface area contributed by atoms with Gasteiger partial charge in [0.1, 0.15) is 0 Å². The zero-order chi connectivity index (χ0) is 13.5. The summed E-state index contributed by atoms with van der Waals surface area (Å²) in [5.41, 5.74) is 1.43. The maximum atomic E-state index is 11.8. The molecule has 4 heteroatoms. The lowest BCUT2D eigenvalue weighted by atomic mass is 10.0. The van der Waals surface area contributed by atoms with Crippen LogP contribution in [0.3, 0.4) is 0 Å². The Balaban J connectivity index is 2.56. The van der Waals surface area contributed by atoms with Gasteiger partial charge in [0, 0.05) is 0 Å². The smallest absolute Gasteiger partial charge is 0.224 e. The number of hydrogen-bond acceptors (Lipinski definition) is 3. The molecular weight excluding hydrogens is 228 g/mol. The highest BCUT2D eigenvalue weighted by molar-refractivity contribution is 5.78. The first kappa shape index (κ1) is 14.2. The molecular formula is C14H18N2O2. The lowest BCUT2D eigenvalue weighted by Gasteiger charge is -2.19. The van der Waals surface area contributed by atoms with Crippen LogP contribution in [0.1, 0.15) is 25.0 Å². The van der Waals surface area contributed by atoms with E-state index in [-0.39, 0.29) is 30.9 Å². The summed E-state index contributed by atoms with van der Waals surface area (Å²) in [4.78, 5) is 11.8. The molecule has 96 valence electrons. The summed E-state index contributed by atoms with van der Waals surface area (Å²) in [5, 5.41) is 20.6. The van der Waals surface area contributed by atoms with Gasteiger partial charge in [0.25, 0.3) is 0 Å². The molecule has 1 rings (SSSR count). The highest BCUT2D eigenvalue weighted by atomic mass is 16.3. The van der Waals surface area contributed by atoms with E-state index in [2.05, 4.69) is 5.32 Å². The second-order valence-electron chi connectivity index (χ2n) is 4.59. The number of carbonyl (C=O) groups excluding carboxylic acids is 1. The van der Waals surface area contributed by atoms with Crippen LogP contribution in [-0.2, 0) is 11.2 Å². The molecule has 0 aliphatic carbocycles. The minimum Gasteiger partial charge on any atom is -0.394 e. The van der Waals surface area contributed by atoms with E-state index in [1.807, 2.05) is 19.9 Å². The van der Waals surface area contributed by atoms with Crippen LogP contribution in [0.25, 0.3) is 0 Å². The molecule has 4 nitrogen and oxygen atoms in total. The van der Waals surface area contributed by atoms with Crippen LogP contribution < -0.4 is 5.32 Å². The molecule has 0 saturated heterocycles. The van der Waals surface area contributed by atoms with Crippen molar-refractivity contribution in [3.63, 3.8) is 0 Å². The van der Waals surface area contributed by atoms with Crippen molar-refractivity contribution >= 4 is 5.91 Å². The molecule has 18 heavy (non-hydrogen) atoms. The topological polar surface area (TPSA) is 73.1 Å². The second-order valence-corrected chi connectivity index (χ2v) is 4.59. The number of benzene rings is 1. The Morgan fingerprint density at radius 1 is 1.39 bits per heavy atom. The third kappa shape index (κ3) is 4.19. The first-order valence-corrected chi connectivity index (χ1v) is 5.96. The summed E-state index contributed by atoms with van der Waals surface area (Å²) in [6.45, 7) is 3.84. The molecule has 2 N–H and O–H groups in total. The van der Waals surface area contributed by atoms with Crippen LogP contribution in [0, 0.1) is 17.2 Å². The van der Waals surface area contributed by atoms with Crippen molar-refractivity contribution in [1.82, 2.24) is 5.32 Å². The van der Waals surface area contributed by atoms with Crippen LogP contribution >= 0.6 is 0 Å². The van der Waals surface area contributed by atoms with Gasteiger partial charge in [0.15, 0.2) is 0 Å². The van der Waals surface area contributed by atoms with Gasteiger partial charge in [-0.1, -0.05) is 26.0 Å². The van der Waals surface area contributed by atoms with Crippen molar-refractivity contribution in [2.45, 2.75) is 26.3 Å². The van der Waals surface area contributed by atoms with E-state index in [9.17, 15) is 4.79 Å². The van der Waals surface area contributed by atoms with Crippen molar-refractivity contribution in [3.05, 3.63) is 35.4 Å². The number of amides is 1. The normalized spacial score (nSPS) is 11.9. The highest BCUT2D eigenvalue weighted by Crippen LogP contribution is 2.05. The average Bonchev–Trinajstić information content (AvgIpc) is 2.36. The van der Waals surface area contributed by atoms with Gasteiger partial charge >= 0.3 is 0 Å². The Hall–Kier alpha value is -1.86. The minimum atomic E-state index is -0.212. The number of carbonyl (C=O) groups is 1. The first-order chi connectivity index (χ1) is 8.56. The molecule has 1 atom stereocenters. The van der Waals surface area contributed by atoms with Gasteiger partial charge in [0.2, 0.25) is 5.91 Å². The van der Waals surface area contributed by atoms with Gasteiger partial charge < -0.3 is 10.4 Å². The predicted molar refractivity (Wildman–Crippen MR) is 68.7 cm³/mol. The number of aliphatic hydroxyl groups is 1. The van der Waals surface area contributed by atoms with E-state index in [0.717, 1.165) is 5.56 Å². The minimum absolute atomic E-state index is 0.0588. The number of aliphatic hydroxyl groups excluding tert-OH is 1. The summed E-state index contributed by atoms with van der Waals surface area (Å²) in [7, 11) is 0. The van der Waals surface area contributed by atoms with Crippen molar-refractivity contribution in [2.75, 3.05) is 6.61 Å². The maximum absolute atomic E-state index is 11.8. The third-order valence-corrected chi connectivity index (χ3v) is 2.80. The van der Waals surface area contributed by atoms with Crippen LogP contribution in [0.5, 0.6) is 0 Å². The van der Waals surface area contributed by atoms with E-state index in [4.69, 9.17) is 10.4 Å². The number of rotatable bonds is 5. The molecule has 0 spiro atoms. The number of hydrogen-bond donors (Lipinski definition) is 2. The summed E-state index contributed by atoms with van der Waals surface area (Å²) in [6.07, 6.45) is 0.259. The molecule has 0 fully saturated rings. The van der Waals surface area contributed by atoms with Crippen molar-refractivity contribution < 1.29 is 9.90 Å². The van der Waals surface area contributed by atoms with E-state index in [1.54, 1.807) is 24.3 Å². The van der Waals surface area contributed by atoms with Crippen LogP contribution in [0.15, 0.2) is 24.3 Å². The quantitative estimate of drug-likeness (QED) is 0.820. The SMILES string of the molecule is CC(C)C(CO)NC(=O)Cc1ccc(C#N)cc1. The zero-order valence-electron chi connectivity index (χ0n) is 10.7. The van der Waals surface area contributed by atoms with Gasteiger partial charge in [-0.15, -0.1) is 0 Å². The van der Waals surface area contributed by atoms with Crippen molar-refractivity contribution in [3.8, 4) is 6.07 Å². The Kier molecular flexibility index (Phi) is 5.34. The summed E-state index contributed by atoms with van der Waals surface area (Å²) in [5.74, 6) is 0.0763. The fourth-order valence-electron chi connectivity index (χ4n) is 1.56. The van der Waals surface area contributed by atoms with Crippen LogP contribution in [-0.4, -0.2) is 23.7 Å². The number of nitrogens with one attached hydrogen (secondary N) is 1. The lowest BCUT2D eigenvalue weighted by Crippen LogP contribution is -2.41. The molecule has 0 radical (unpaired) electrons. The molecule has 1 aromatic rings. The van der Waals surface area contributed by atoms with Gasteiger partial charge in [-0.05, 0) is 23.6 Å². The molecule has 0 saturated carbocycles. The predicted octanol–water partition coefficient (Wildman–Crippen LogP) is 1.23.